The Bertz CT molecular complexity index is 676. The van der Waals surface area contributed by atoms with Crippen LogP contribution in [-0.2, 0) is 0 Å². The molecule has 0 radical (unpaired) electrons. The van der Waals surface area contributed by atoms with Gasteiger partial charge in [0.15, 0.2) is 0 Å². The van der Waals surface area contributed by atoms with Crippen LogP contribution in [0.2, 0.25) is 0 Å². The molecule has 1 aromatic heterocycles. The quantitative estimate of drug-likeness (QED) is 0.805. The fourth-order valence-electron chi connectivity index (χ4n) is 1.74. The molecule has 2 aromatic rings. The van der Waals surface area contributed by atoms with Gasteiger partial charge in [-0.3, -0.25) is 4.79 Å². The van der Waals surface area contributed by atoms with Gasteiger partial charge >= 0.3 is 0 Å². The van der Waals surface area contributed by atoms with Crippen molar-refractivity contribution in [1.82, 2.24) is 10.2 Å². The Kier molecular flexibility index (Phi) is 3.25. The first-order valence-corrected chi connectivity index (χ1v) is 5.87. The zero-order valence-corrected chi connectivity index (χ0v) is 11.0. The lowest BCUT2D eigenvalue weighted by molar-refractivity contribution is 0.989. The summed E-state index contributed by atoms with van der Waals surface area (Å²) in [7, 11) is 0. The molecule has 1 aromatic carbocycles. The van der Waals surface area contributed by atoms with Gasteiger partial charge in [0.25, 0.3) is 5.56 Å². The smallest absolute Gasteiger partial charge is 0.274 e. The molecule has 5 heteroatoms. The van der Waals surface area contributed by atoms with E-state index in [2.05, 4.69) is 10.2 Å². The number of rotatable bonds is 2. The highest BCUT2D eigenvalue weighted by atomic mass is 32.1. The number of aryl methyl sites for hydroxylation is 2. The molecule has 18 heavy (non-hydrogen) atoms. The molecule has 0 bridgehead atoms. The summed E-state index contributed by atoms with van der Waals surface area (Å²) in [6, 6.07) is 7.68. The number of nitrogens with two attached hydrogens (primary N) is 1. The van der Waals surface area contributed by atoms with Gasteiger partial charge in [0.1, 0.15) is 4.99 Å². The fraction of sp³-hybridized carbons (Fsp3) is 0.154. The topological polar surface area (TPSA) is 71.8 Å². The maximum Gasteiger partial charge on any atom is 0.274 e. The van der Waals surface area contributed by atoms with Gasteiger partial charge in [0, 0.05) is 5.56 Å². The highest BCUT2D eigenvalue weighted by molar-refractivity contribution is 7.80. The van der Waals surface area contributed by atoms with Gasteiger partial charge in [-0.15, -0.1) is 0 Å². The van der Waals surface area contributed by atoms with Gasteiger partial charge in [-0.2, -0.15) is 5.10 Å². The Hall–Kier alpha value is -2.01. The van der Waals surface area contributed by atoms with Crippen molar-refractivity contribution >= 4 is 17.2 Å². The first-order valence-electron chi connectivity index (χ1n) is 5.46. The van der Waals surface area contributed by atoms with Crippen LogP contribution in [-0.4, -0.2) is 15.2 Å². The van der Waals surface area contributed by atoms with E-state index in [0.717, 1.165) is 16.7 Å². The number of hydrogen-bond acceptors (Lipinski definition) is 3. The zero-order chi connectivity index (χ0) is 13.3. The molecule has 0 aliphatic carbocycles. The SMILES string of the molecule is Cc1ccc(C)c(-c2cc(C(N)=S)c(=O)[nH]n2)c1. The van der Waals surface area contributed by atoms with Crippen molar-refractivity contribution in [3.05, 3.63) is 51.3 Å². The highest BCUT2D eigenvalue weighted by Crippen LogP contribution is 2.22. The monoisotopic (exact) mass is 259 g/mol. The number of aromatic amines is 1. The minimum absolute atomic E-state index is 0.0743. The summed E-state index contributed by atoms with van der Waals surface area (Å²) >= 11 is 4.85. The summed E-state index contributed by atoms with van der Waals surface area (Å²) in [5.41, 5.74) is 9.27. The van der Waals surface area contributed by atoms with Crippen molar-refractivity contribution in [1.29, 1.82) is 0 Å². The third-order valence-electron chi connectivity index (χ3n) is 2.74. The second kappa shape index (κ2) is 4.70. The van der Waals surface area contributed by atoms with Crippen LogP contribution in [0.4, 0.5) is 0 Å². The molecule has 2 rings (SSSR count). The molecule has 0 atom stereocenters. The van der Waals surface area contributed by atoms with Gasteiger partial charge in [-0.05, 0) is 31.5 Å². The van der Waals surface area contributed by atoms with E-state index in [9.17, 15) is 4.79 Å². The van der Waals surface area contributed by atoms with E-state index in [1.54, 1.807) is 6.07 Å². The van der Waals surface area contributed by atoms with Gasteiger partial charge in [0.2, 0.25) is 0 Å². The summed E-state index contributed by atoms with van der Waals surface area (Å²) in [4.78, 5) is 11.6. The summed E-state index contributed by atoms with van der Waals surface area (Å²) in [6.07, 6.45) is 0. The van der Waals surface area contributed by atoms with E-state index in [4.69, 9.17) is 18.0 Å². The maximum atomic E-state index is 11.5. The number of benzene rings is 1. The van der Waals surface area contributed by atoms with Gasteiger partial charge in [-0.1, -0.05) is 29.9 Å². The second-order valence-corrected chi connectivity index (χ2v) is 4.62. The van der Waals surface area contributed by atoms with Crippen LogP contribution >= 0.6 is 12.2 Å². The average molecular weight is 259 g/mol. The first-order chi connectivity index (χ1) is 8.49. The standard InChI is InChI=1S/C13H13N3OS/c1-7-3-4-8(2)9(5-7)11-6-10(12(14)18)13(17)16-15-11/h3-6H,1-2H3,(H2,14,18)(H,16,17). The molecule has 0 amide bonds. The lowest BCUT2D eigenvalue weighted by atomic mass is 10.0. The minimum Gasteiger partial charge on any atom is -0.389 e. The zero-order valence-electron chi connectivity index (χ0n) is 10.2. The molecule has 0 fully saturated rings. The molecule has 4 nitrogen and oxygen atoms in total. The highest BCUT2D eigenvalue weighted by Gasteiger charge is 2.09. The molecule has 1 heterocycles. The normalized spacial score (nSPS) is 10.3. The Labute approximate surface area is 110 Å². The van der Waals surface area contributed by atoms with E-state index in [1.807, 2.05) is 32.0 Å². The predicted molar refractivity (Wildman–Crippen MR) is 75.7 cm³/mol. The van der Waals surface area contributed by atoms with Crippen LogP contribution in [0.5, 0.6) is 0 Å². The third kappa shape index (κ3) is 2.31. The van der Waals surface area contributed by atoms with Crippen LogP contribution in [0.25, 0.3) is 11.3 Å². The number of H-pyrrole nitrogens is 1. The summed E-state index contributed by atoms with van der Waals surface area (Å²) < 4.78 is 0. The number of nitrogens with one attached hydrogen (secondary N) is 1. The molecule has 0 saturated carbocycles. The number of nitrogens with zero attached hydrogens (tertiary/aromatic N) is 1. The molecule has 92 valence electrons. The van der Waals surface area contributed by atoms with Crippen LogP contribution in [0.15, 0.2) is 29.1 Å². The predicted octanol–water partition coefficient (Wildman–Crippen LogP) is 1.69. The van der Waals surface area contributed by atoms with Crippen LogP contribution in [0, 0.1) is 13.8 Å². The maximum absolute atomic E-state index is 11.5. The summed E-state index contributed by atoms with van der Waals surface area (Å²) in [5, 5.41) is 6.46. The largest absolute Gasteiger partial charge is 0.389 e. The lowest BCUT2D eigenvalue weighted by Gasteiger charge is -2.07. The lowest BCUT2D eigenvalue weighted by Crippen LogP contribution is -2.23. The van der Waals surface area contributed by atoms with Crippen molar-refractivity contribution in [2.45, 2.75) is 13.8 Å². The van der Waals surface area contributed by atoms with E-state index < -0.39 is 0 Å². The first kappa shape index (κ1) is 12.4. The van der Waals surface area contributed by atoms with Gasteiger partial charge in [0.05, 0.1) is 11.3 Å². The molecule has 0 spiro atoms. The van der Waals surface area contributed by atoms with Crippen LogP contribution < -0.4 is 11.3 Å². The van der Waals surface area contributed by atoms with Gasteiger partial charge < -0.3 is 5.73 Å². The van der Waals surface area contributed by atoms with Crippen LogP contribution in [0.1, 0.15) is 16.7 Å². The number of aromatic nitrogens is 2. The van der Waals surface area contributed by atoms with Crippen molar-refractivity contribution in [2.24, 2.45) is 5.73 Å². The molecule has 0 saturated heterocycles. The summed E-state index contributed by atoms with van der Waals surface area (Å²) in [6.45, 7) is 3.99. The van der Waals surface area contributed by atoms with E-state index in [1.165, 1.54) is 0 Å². The number of hydrogen-bond donors (Lipinski definition) is 2. The van der Waals surface area contributed by atoms with Crippen molar-refractivity contribution in [3.63, 3.8) is 0 Å². The van der Waals surface area contributed by atoms with Crippen molar-refractivity contribution in [3.8, 4) is 11.3 Å². The second-order valence-electron chi connectivity index (χ2n) is 4.18. The third-order valence-corrected chi connectivity index (χ3v) is 2.96. The Morgan fingerprint density at radius 2 is 2.06 bits per heavy atom. The van der Waals surface area contributed by atoms with Crippen molar-refractivity contribution in [2.75, 3.05) is 0 Å². The molecular formula is C13H13N3OS. The Morgan fingerprint density at radius 1 is 1.33 bits per heavy atom. The van der Waals surface area contributed by atoms with E-state index in [-0.39, 0.29) is 16.1 Å². The molecule has 0 unspecified atom stereocenters. The molecule has 3 N–H and O–H groups in total. The summed E-state index contributed by atoms with van der Waals surface area (Å²) in [5.74, 6) is 0. The minimum atomic E-state index is -0.364. The molecule has 0 aliphatic rings. The molecule has 0 aliphatic heterocycles. The Morgan fingerprint density at radius 3 is 2.72 bits per heavy atom. The average Bonchev–Trinajstić information content (AvgIpc) is 2.33. The Balaban J connectivity index is 2.65. The van der Waals surface area contributed by atoms with Gasteiger partial charge in [-0.25, -0.2) is 5.10 Å². The fourth-order valence-corrected chi connectivity index (χ4v) is 1.89. The van der Waals surface area contributed by atoms with E-state index in [0.29, 0.717) is 5.69 Å². The molecular weight excluding hydrogens is 246 g/mol. The number of thiocarbonyl (C=S) groups is 1. The van der Waals surface area contributed by atoms with E-state index >= 15 is 0 Å². The van der Waals surface area contributed by atoms with Crippen LogP contribution in [0.3, 0.4) is 0 Å². The van der Waals surface area contributed by atoms with Crippen molar-refractivity contribution < 1.29 is 0 Å².